The van der Waals surface area contributed by atoms with E-state index in [0.29, 0.717) is 15.9 Å². The molecule has 0 aromatic carbocycles. The summed E-state index contributed by atoms with van der Waals surface area (Å²) in [6.45, 7) is 3.85. The van der Waals surface area contributed by atoms with E-state index in [1.165, 1.54) is 24.1 Å². The van der Waals surface area contributed by atoms with Crippen molar-refractivity contribution in [3.05, 3.63) is 11.3 Å². The molecule has 7 heteroatoms. The molecule has 1 aliphatic rings. The fourth-order valence-corrected chi connectivity index (χ4v) is 2.94. The van der Waals surface area contributed by atoms with Crippen LogP contribution in [-0.4, -0.2) is 43.7 Å². The second kappa shape index (κ2) is 4.06. The quantitative estimate of drug-likeness (QED) is 0.760. The van der Waals surface area contributed by atoms with Crippen molar-refractivity contribution in [2.24, 2.45) is 5.92 Å². The predicted molar refractivity (Wildman–Crippen MR) is 63.0 cm³/mol. The Bertz CT molecular complexity index is 519. The van der Waals surface area contributed by atoms with E-state index in [9.17, 15) is 4.79 Å². The van der Waals surface area contributed by atoms with Crippen LogP contribution >= 0.6 is 11.3 Å². The number of piperidine rings is 1. The van der Waals surface area contributed by atoms with Crippen LogP contribution in [0.5, 0.6) is 0 Å². The number of carbonyl (C=O) groups excluding carboxylic acids is 1. The molecule has 3 rings (SSSR count). The van der Waals surface area contributed by atoms with E-state index >= 15 is 0 Å². The minimum atomic E-state index is 0.0204. The SMILES string of the molecule is CC1CCCN(C(=O)c2nn3cnnc3s2)C1. The van der Waals surface area contributed by atoms with Crippen molar-refractivity contribution in [3.8, 4) is 0 Å². The third-order valence-corrected chi connectivity index (χ3v) is 3.91. The van der Waals surface area contributed by atoms with Crippen LogP contribution in [0.1, 0.15) is 29.6 Å². The topological polar surface area (TPSA) is 63.4 Å². The molecule has 0 N–H and O–H groups in total. The molecule has 0 radical (unpaired) electrons. The summed E-state index contributed by atoms with van der Waals surface area (Å²) in [6, 6.07) is 0. The third-order valence-electron chi connectivity index (χ3n) is 3.01. The summed E-state index contributed by atoms with van der Waals surface area (Å²) < 4.78 is 1.55. The van der Waals surface area contributed by atoms with Gasteiger partial charge in [0.05, 0.1) is 0 Å². The zero-order valence-electron chi connectivity index (χ0n) is 9.54. The first-order chi connectivity index (χ1) is 8.24. The minimum absolute atomic E-state index is 0.0204. The van der Waals surface area contributed by atoms with Gasteiger partial charge in [-0.05, 0) is 18.8 Å². The number of hydrogen-bond donors (Lipinski definition) is 0. The smallest absolute Gasteiger partial charge is 0.284 e. The zero-order valence-corrected chi connectivity index (χ0v) is 10.4. The maximum atomic E-state index is 12.2. The van der Waals surface area contributed by atoms with Crippen LogP contribution in [0.3, 0.4) is 0 Å². The van der Waals surface area contributed by atoms with Crippen LogP contribution in [-0.2, 0) is 0 Å². The molecular formula is C10H13N5OS. The molecule has 2 aromatic rings. The molecular weight excluding hydrogens is 238 g/mol. The number of carbonyl (C=O) groups is 1. The average molecular weight is 251 g/mol. The Morgan fingerprint density at radius 2 is 2.47 bits per heavy atom. The highest BCUT2D eigenvalue weighted by molar-refractivity contribution is 7.18. The van der Waals surface area contributed by atoms with Crippen molar-refractivity contribution < 1.29 is 4.79 Å². The number of nitrogens with zero attached hydrogens (tertiary/aromatic N) is 5. The fourth-order valence-electron chi connectivity index (χ4n) is 2.16. The Hall–Kier alpha value is -1.50. The average Bonchev–Trinajstić information content (AvgIpc) is 2.88. The van der Waals surface area contributed by atoms with E-state index in [0.717, 1.165) is 19.5 Å². The van der Waals surface area contributed by atoms with Gasteiger partial charge in [-0.25, -0.2) is 0 Å². The number of likely N-dealkylation sites (tertiary alicyclic amines) is 1. The van der Waals surface area contributed by atoms with Crippen molar-refractivity contribution in [2.45, 2.75) is 19.8 Å². The monoisotopic (exact) mass is 251 g/mol. The van der Waals surface area contributed by atoms with Crippen LogP contribution in [0, 0.1) is 5.92 Å². The number of fused-ring (bicyclic) bond motifs is 1. The summed E-state index contributed by atoms with van der Waals surface area (Å²) >= 11 is 1.29. The number of rotatable bonds is 1. The molecule has 1 fully saturated rings. The highest BCUT2D eigenvalue weighted by Gasteiger charge is 2.24. The lowest BCUT2D eigenvalue weighted by molar-refractivity contribution is 0.0681. The van der Waals surface area contributed by atoms with Crippen molar-refractivity contribution in [3.63, 3.8) is 0 Å². The summed E-state index contributed by atoms with van der Waals surface area (Å²) in [7, 11) is 0. The molecule has 2 aromatic heterocycles. The van der Waals surface area contributed by atoms with Gasteiger partial charge in [0.25, 0.3) is 5.91 Å². The zero-order chi connectivity index (χ0) is 11.8. The second-order valence-corrected chi connectivity index (χ2v) is 5.42. The molecule has 1 unspecified atom stereocenters. The normalized spacial score (nSPS) is 21.0. The van der Waals surface area contributed by atoms with Crippen molar-refractivity contribution in [1.82, 2.24) is 24.7 Å². The van der Waals surface area contributed by atoms with Crippen LogP contribution in [0.4, 0.5) is 0 Å². The largest absolute Gasteiger partial charge is 0.336 e. The Morgan fingerprint density at radius 3 is 3.24 bits per heavy atom. The first kappa shape index (κ1) is 10.6. The van der Waals surface area contributed by atoms with E-state index in [4.69, 9.17) is 0 Å². The molecule has 1 atom stereocenters. The van der Waals surface area contributed by atoms with Gasteiger partial charge >= 0.3 is 0 Å². The Morgan fingerprint density at radius 1 is 1.59 bits per heavy atom. The molecule has 0 aliphatic carbocycles. The van der Waals surface area contributed by atoms with Crippen LogP contribution < -0.4 is 0 Å². The molecule has 1 aliphatic heterocycles. The minimum Gasteiger partial charge on any atom is -0.336 e. The molecule has 0 bridgehead atoms. The van der Waals surface area contributed by atoms with E-state index in [-0.39, 0.29) is 5.91 Å². The van der Waals surface area contributed by atoms with Gasteiger partial charge in [0.2, 0.25) is 9.97 Å². The Balaban J connectivity index is 1.83. The first-order valence-electron chi connectivity index (χ1n) is 5.70. The van der Waals surface area contributed by atoms with Gasteiger partial charge in [0, 0.05) is 13.1 Å². The van der Waals surface area contributed by atoms with Crippen molar-refractivity contribution >= 4 is 22.2 Å². The molecule has 6 nitrogen and oxygen atoms in total. The summed E-state index contributed by atoms with van der Waals surface area (Å²) in [5, 5.41) is 12.3. The molecule has 17 heavy (non-hydrogen) atoms. The van der Waals surface area contributed by atoms with Gasteiger partial charge < -0.3 is 4.90 Å². The van der Waals surface area contributed by atoms with Crippen LogP contribution in [0.15, 0.2) is 6.33 Å². The van der Waals surface area contributed by atoms with Gasteiger partial charge in [-0.15, -0.1) is 15.3 Å². The summed E-state index contributed by atoms with van der Waals surface area (Å²) in [4.78, 5) is 14.8. The fraction of sp³-hybridized carbons (Fsp3) is 0.600. The van der Waals surface area contributed by atoms with E-state index < -0.39 is 0 Å². The number of hydrogen-bond acceptors (Lipinski definition) is 5. The number of aromatic nitrogens is 4. The third kappa shape index (κ3) is 1.90. The Kier molecular flexibility index (Phi) is 2.54. The van der Waals surface area contributed by atoms with Gasteiger partial charge in [0.1, 0.15) is 6.33 Å². The van der Waals surface area contributed by atoms with Crippen molar-refractivity contribution in [1.29, 1.82) is 0 Å². The van der Waals surface area contributed by atoms with Gasteiger partial charge in [-0.3, -0.25) is 4.79 Å². The van der Waals surface area contributed by atoms with E-state index in [1.807, 2.05) is 4.90 Å². The molecule has 0 spiro atoms. The molecule has 0 saturated carbocycles. The van der Waals surface area contributed by atoms with Gasteiger partial charge in [-0.1, -0.05) is 18.3 Å². The lowest BCUT2D eigenvalue weighted by atomic mass is 10.0. The molecule has 1 saturated heterocycles. The summed E-state index contributed by atoms with van der Waals surface area (Å²) in [6.07, 6.45) is 3.80. The first-order valence-corrected chi connectivity index (χ1v) is 6.52. The maximum absolute atomic E-state index is 12.2. The van der Waals surface area contributed by atoms with Crippen LogP contribution in [0.25, 0.3) is 4.96 Å². The predicted octanol–water partition coefficient (Wildman–Crippen LogP) is 1.06. The Labute approximate surface area is 102 Å². The van der Waals surface area contributed by atoms with Gasteiger partial charge in [0.15, 0.2) is 0 Å². The lowest BCUT2D eigenvalue weighted by Crippen LogP contribution is -2.39. The molecule has 3 heterocycles. The second-order valence-electron chi connectivity index (χ2n) is 4.46. The van der Waals surface area contributed by atoms with Crippen LogP contribution in [0.2, 0.25) is 0 Å². The lowest BCUT2D eigenvalue weighted by Gasteiger charge is -2.30. The highest BCUT2D eigenvalue weighted by atomic mass is 32.1. The highest BCUT2D eigenvalue weighted by Crippen LogP contribution is 2.20. The standard InChI is InChI=1S/C10H13N5OS/c1-7-3-2-4-14(5-7)9(16)8-13-15-6-11-12-10(15)17-8/h6-7H,2-5H2,1H3. The molecule has 90 valence electrons. The summed E-state index contributed by atoms with van der Waals surface area (Å²) in [5.41, 5.74) is 0. The molecule has 1 amide bonds. The van der Waals surface area contributed by atoms with E-state index in [1.54, 1.807) is 4.52 Å². The van der Waals surface area contributed by atoms with Gasteiger partial charge in [-0.2, -0.15) is 4.52 Å². The van der Waals surface area contributed by atoms with E-state index in [2.05, 4.69) is 22.2 Å². The van der Waals surface area contributed by atoms with Crippen molar-refractivity contribution in [2.75, 3.05) is 13.1 Å². The summed E-state index contributed by atoms with van der Waals surface area (Å²) in [5.74, 6) is 0.602. The number of amides is 1. The maximum Gasteiger partial charge on any atom is 0.284 e.